The van der Waals surface area contributed by atoms with Gasteiger partial charge in [-0.1, -0.05) is 42.4 Å². The predicted molar refractivity (Wildman–Crippen MR) is 82.5 cm³/mol. The van der Waals surface area contributed by atoms with Crippen molar-refractivity contribution in [1.82, 2.24) is 0 Å². The first-order valence-corrected chi connectivity index (χ1v) is 8.70. The summed E-state index contributed by atoms with van der Waals surface area (Å²) in [4.78, 5) is 3.37. The van der Waals surface area contributed by atoms with Crippen molar-refractivity contribution in [3.05, 3.63) is 41.4 Å². The molecule has 0 bridgehead atoms. The molecule has 2 aromatic carbocycles. The fourth-order valence-corrected chi connectivity index (χ4v) is 5.21. The minimum absolute atomic E-state index is 0.609. The van der Waals surface area contributed by atoms with Crippen molar-refractivity contribution in [2.45, 2.75) is 32.9 Å². The highest BCUT2D eigenvalue weighted by Crippen LogP contribution is 2.50. The molecule has 1 aliphatic heterocycles. The van der Waals surface area contributed by atoms with Crippen LogP contribution < -0.4 is 4.74 Å². The molecule has 0 aromatic heterocycles. The Labute approximate surface area is 130 Å². The summed E-state index contributed by atoms with van der Waals surface area (Å²) in [6, 6.07) is 11.3. The van der Waals surface area contributed by atoms with Crippen molar-refractivity contribution in [1.29, 1.82) is 0 Å². The summed E-state index contributed by atoms with van der Waals surface area (Å²) in [5.74, 6) is 0.673. The van der Waals surface area contributed by atoms with E-state index in [-0.39, 0.29) is 0 Å². The van der Waals surface area contributed by atoms with Crippen LogP contribution in [0.5, 0.6) is 5.75 Å². The van der Waals surface area contributed by atoms with Crippen molar-refractivity contribution < 1.29 is 9.29 Å². The summed E-state index contributed by atoms with van der Waals surface area (Å²) in [6.45, 7) is 2.65. The van der Waals surface area contributed by atoms with Crippen LogP contribution in [0, 0.1) is 0 Å². The van der Waals surface area contributed by atoms with Gasteiger partial charge in [0, 0.05) is 11.2 Å². The lowest BCUT2D eigenvalue weighted by Gasteiger charge is -2.23. The van der Waals surface area contributed by atoms with E-state index in [2.05, 4.69) is 0 Å². The summed E-state index contributed by atoms with van der Waals surface area (Å²) in [5, 5.41) is 0.622. The van der Waals surface area contributed by atoms with Gasteiger partial charge in [0.1, 0.15) is 0 Å². The number of halogens is 1. The van der Waals surface area contributed by atoms with Gasteiger partial charge in [0.2, 0.25) is 4.90 Å². The van der Waals surface area contributed by atoms with E-state index in [4.69, 9.17) is 16.3 Å². The van der Waals surface area contributed by atoms with Crippen LogP contribution in [0.3, 0.4) is 0 Å². The first-order chi connectivity index (χ1) is 9.72. The molecule has 104 valence electrons. The molecule has 0 spiro atoms. The minimum atomic E-state index is -1.25. The minimum Gasteiger partial charge on any atom is -0.606 e. The van der Waals surface area contributed by atoms with Crippen LogP contribution in [0.15, 0.2) is 56.0 Å². The van der Waals surface area contributed by atoms with Crippen molar-refractivity contribution in [2.24, 2.45) is 0 Å². The average Bonchev–Trinajstić information content (AvgIpc) is 2.47. The first kappa shape index (κ1) is 14.1. The van der Waals surface area contributed by atoms with Crippen molar-refractivity contribution in [2.75, 3.05) is 6.61 Å². The molecular formula is C15H13ClO2S2. The second kappa shape index (κ2) is 5.90. The van der Waals surface area contributed by atoms with Crippen molar-refractivity contribution >= 4 is 34.5 Å². The fraction of sp³-hybridized carbons (Fsp3) is 0.200. The Hall–Kier alpha value is -0.810. The molecule has 0 N–H and O–H groups in total. The van der Waals surface area contributed by atoms with Gasteiger partial charge >= 0.3 is 0 Å². The van der Waals surface area contributed by atoms with Crippen LogP contribution >= 0.6 is 23.4 Å². The Balaban J connectivity index is 2.11. The summed E-state index contributed by atoms with van der Waals surface area (Å²) < 4.78 is 18.5. The smallest absolute Gasteiger partial charge is 0.215 e. The lowest BCUT2D eigenvalue weighted by atomic mass is 10.3. The van der Waals surface area contributed by atoms with E-state index in [9.17, 15) is 4.55 Å². The predicted octanol–water partition coefficient (Wildman–Crippen LogP) is 4.76. The Bertz CT molecular complexity index is 646. The van der Waals surface area contributed by atoms with Gasteiger partial charge in [-0.25, -0.2) is 0 Å². The number of fused-ring (bicyclic) bond motifs is 2. The normalized spacial score (nSPS) is 16.4. The van der Waals surface area contributed by atoms with E-state index in [0.717, 1.165) is 21.1 Å². The molecule has 3 rings (SSSR count). The van der Waals surface area contributed by atoms with Crippen LogP contribution in [0.1, 0.15) is 13.3 Å². The lowest BCUT2D eigenvalue weighted by molar-refractivity contribution is 0.307. The zero-order valence-electron chi connectivity index (χ0n) is 10.9. The Morgan fingerprint density at radius 3 is 2.85 bits per heavy atom. The van der Waals surface area contributed by atoms with Gasteiger partial charge in [0.25, 0.3) is 0 Å². The maximum Gasteiger partial charge on any atom is 0.215 e. The molecule has 5 heteroatoms. The van der Waals surface area contributed by atoms with Crippen LogP contribution in [0.25, 0.3) is 0 Å². The standard InChI is InChI=1S/C15H13ClO2S2/c1-2-9-18-11-8-7-10(16)14-15(11)20(17)13-6-4-3-5-12(13)19-14/h3-8H,2,9H2,1H3. The molecule has 1 atom stereocenters. The fourth-order valence-electron chi connectivity index (χ4n) is 2.02. The molecular weight excluding hydrogens is 312 g/mol. The van der Waals surface area contributed by atoms with E-state index in [1.807, 2.05) is 43.3 Å². The largest absolute Gasteiger partial charge is 0.606 e. The Morgan fingerprint density at radius 2 is 2.05 bits per heavy atom. The van der Waals surface area contributed by atoms with Gasteiger partial charge in [-0.3, -0.25) is 0 Å². The zero-order valence-corrected chi connectivity index (χ0v) is 13.3. The molecule has 1 unspecified atom stereocenters. The van der Waals surface area contributed by atoms with E-state index in [1.54, 1.807) is 11.8 Å². The highest BCUT2D eigenvalue weighted by atomic mass is 35.5. The molecule has 0 saturated carbocycles. The van der Waals surface area contributed by atoms with E-state index in [1.165, 1.54) is 0 Å². The van der Waals surface area contributed by atoms with Gasteiger partial charge in [0.15, 0.2) is 10.6 Å². The quantitative estimate of drug-likeness (QED) is 0.763. The summed E-state index contributed by atoms with van der Waals surface area (Å²) in [7, 11) is 0. The molecule has 0 aliphatic carbocycles. The molecule has 0 fully saturated rings. The lowest BCUT2D eigenvalue weighted by Crippen LogP contribution is -2.12. The number of hydrogen-bond acceptors (Lipinski definition) is 3. The van der Waals surface area contributed by atoms with Crippen molar-refractivity contribution in [3.8, 4) is 5.75 Å². The SMILES string of the molecule is CCCOc1ccc(Cl)c2c1[S+]([O-])c1ccccc1S2. The molecule has 20 heavy (non-hydrogen) atoms. The molecule has 0 radical (unpaired) electrons. The topological polar surface area (TPSA) is 32.3 Å². The van der Waals surface area contributed by atoms with Gasteiger partial charge in [-0.05, 0) is 30.7 Å². The van der Waals surface area contributed by atoms with Crippen LogP contribution in [0.2, 0.25) is 5.02 Å². The second-order valence-corrected chi connectivity index (χ2v) is 7.21. The maximum atomic E-state index is 12.8. The first-order valence-electron chi connectivity index (χ1n) is 6.36. The van der Waals surface area contributed by atoms with Gasteiger partial charge < -0.3 is 9.29 Å². The molecule has 1 heterocycles. The average molecular weight is 325 g/mol. The molecule has 0 saturated heterocycles. The molecule has 0 amide bonds. The Kier molecular flexibility index (Phi) is 4.17. The van der Waals surface area contributed by atoms with Gasteiger partial charge in [-0.15, -0.1) is 0 Å². The van der Waals surface area contributed by atoms with Crippen LogP contribution in [-0.4, -0.2) is 11.2 Å². The molecule has 1 aliphatic rings. The van der Waals surface area contributed by atoms with Gasteiger partial charge in [-0.2, -0.15) is 0 Å². The highest BCUT2D eigenvalue weighted by molar-refractivity contribution is 8.02. The Morgan fingerprint density at radius 1 is 1.25 bits per heavy atom. The highest BCUT2D eigenvalue weighted by Gasteiger charge is 2.34. The van der Waals surface area contributed by atoms with E-state index < -0.39 is 11.2 Å². The second-order valence-electron chi connectivity index (χ2n) is 4.37. The summed E-state index contributed by atoms with van der Waals surface area (Å²) >= 11 is 6.58. The molecule has 2 aromatic rings. The molecule has 2 nitrogen and oxygen atoms in total. The third-order valence-corrected chi connectivity index (χ3v) is 6.36. The third-order valence-electron chi connectivity index (χ3n) is 2.94. The maximum absolute atomic E-state index is 12.8. The van der Waals surface area contributed by atoms with Crippen molar-refractivity contribution in [3.63, 3.8) is 0 Å². The van der Waals surface area contributed by atoms with E-state index in [0.29, 0.717) is 22.3 Å². The van der Waals surface area contributed by atoms with Crippen LogP contribution in [-0.2, 0) is 11.2 Å². The van der Waals surface area contributed by atoms with Crippen LogP contribution in [0.4, 0.5) is 0 Å². The third kappa shape index (κ3) is 2.42. The summed E-state index contributed by atoms with van der Waals surface area (Å²) in [5.41, 5.74) is 0. The summed E-state index contributed by atoms with van der Waals surface area (Å²) in [6.07, 6.45) is 0.910. The number of rotatable bonds is 3. The number of hydrogen-bond donors (Lipinski definition) is 0. The van der Waals surface area contributed by atoms with Gasteiger partial charge in [0.05, 0.1) is 21.4 Å². The number of benzene rings is 2. The zero-order chi connectivity index (χ0) is 14.1. The number of ether oxygens (including phenoxy) is 1. The van der Waals surface area contributed by atoms with E-state index >= 15 is 0 Å². The monoisotopic (exact) mass is 324 g/mol.